The number of hydrogen-bond acceptors (Lipinski definition) is 6. The molecule has 2 N–H and O–H groups in total. The van der Waals surface area contributed by atoms with Gasteiger partial charge in [0.25, 0.3) is 0 Å². The van der Waals surface area contributed by atoms with Gasteiger partial charge in [0.15, 0.2) is 17.3 Å². The topological polar surface area (TPSA) is 91.1 Å². The van der Waals surface area contributed by atoms with Gasteiger partial charge in [-0.05, 0) is 18.9 Å². The fourth-order valence-electron chi connectivity index (χ4n) is 3.16. The van der Waals surface area contributed by atoms with Crippen LogP contribution in [0.4, 0.5) is 0 Å². The van der Waals surface area contributed by atoms with Crippen molar-refractivity contribution in [2.45, 2.75) is 38.1 Å². The molecule has 1 fully saturated rings. The number of likely N-dealkylation sites (tertiary alicyclic amines) is 1. The molecule has 1 unspecified atom stereocenters. The third kappa shape index (κ3) is 4.88. The molecule has 0 spiro atoms. The Bertz CT molecular complexity index is 647. The normalized spacial score (nSPS) is 17.4. The van der Waals surface area contributed by atoms with Gasteiger partial charge in [-0.15, -0.1) is 0 Å². The molecule has 7 nitrogen and oxygen atoms in total. The molecule has 0 radical (unpaired) electrons. The molecule has 1 aromatic rings. The number of rotatable bonds is 7. The predicted molar refractivity (Wildman–Crippen MR) is 98.1 cm³/mol. The van der Waals surface area contributed by atoms with Crippen LogP contribution in [0.15, 0.2) is 12.1 Å². The number of carbonyl (C=O) groups is 2. The van der Waals surface area contributed by atoms with Crippen LogP contribution in [0.1, 0.15) is 42.5 Å². The minimum atomic E-state index is -0.171. The van der Waals surface area contributed by atoms with Crippen LogP contribution in [0, 0.1) is 0 Å². The minimum absolute atomic E-state index is 0.0168. The van der Waals surface area contributed by atoms with Crippen molar-refractivity contribution in [3.63, 3.8) is 0 Å². The number of amides is 1. The van der Waals surface area contributed by atoms with E-state index in [2.05, 4.69) is 0 Å². The van der Waals surface area contributed by atoms with Gasteiger partial charge in [-0.25, -0.2) is 0 Å². The van der Waals surface area contributed by atoms with Gasteiger partial charge in [0.1, 0.15) is 5.75 Å². The Morgan fingerprint density at radius 1 is 1.04 bits per heavy atom. The third-order valence-corrected chi connectivity index (χ3v) is 4.63. The van der Waals surface area contributed by atoms with Gasteiger partial charge in [-0.3, -0.25) is 9.59 Å². The maximum Gasteiger partial charge on any atom is 0.223 e. The highest BCUT2D eigenvalue weighted by Gasteiger charge is 2.22. The summed E-state index contributed by atoms with van der Waals surface area (Å²) >= 11 is 0. The van der Waals surface area contributed by atoms with Crippen LogP contribution in [0.3, 0.4) is 0 Å². The lowest BCUT2D eigenvalue weighted by Crippen LogP contribution is -2.39. The van der Waals surface area contributed by atoms with Crippen LogP contribution in [0.25, 0.3) is 0 Å². The summed E-state index contributed by atoms with van der Waals surface area (Å²) in [6.07, 6.45) is 3.19. The number of benzene rings is 1. The van der Waals surface area contributed by atoms with Crippen molar-refractivity contribution in [3.8, 4) is 17.2 Å². The molecular formula is C19H28N2O5. The van der Waals surface area contributed by atoms with Crippen LogP contribution in [-0.4, -0.2) is 57.1 Å². The summed E-state index contributed by atoms with van der Waals surface area (Å²) in [6.45, 7) is 1.27. The van der Waals surface area contributed by atoms with E-state index >= 15 is 0 Å². The number of nitrogens with two attached hydrogens (primary N) is 1. The number of ether oxygens (including phenoxy) is 3. The molecule has 1 saturated heterocycles. The molecule has 1 amide bonds. The monoisotopic (exact) mass is 364 g/mol. The molecule has 0 aliphatic carbocycles. The first kappa shape index (κ1) is 20.0. The summed E-state index contributed by atoms with van der Waals surface area (Å²) in [6, 6.07) is 3.22. The highest BCUT2D eigenvalue weighted by atomic mass is 16.5. The fourth-order valence-corrected chi connectivity index (χ4v) is 3.16. The van der Waals surface area contributed by atoms with Crippen LogP contribution in [0.5, 0.6) is 17.2 Å². The van der Waals surface area contributed by atoms with Gasteiger partial charge < -0.3 is 24.8 Å². The average molecular weight is 364 g/mol. The summed E-state index contributed by atoms with van der Waals surface area (Å²) in [5.41, 5.74) is 6.38. The maximum absolute atomic E-state index is 12.6. The van der Waals surface area contributed by atoms with E-state index in [-0.39, 0.29) is 30.6 Å². The maximum atomic E-state index is 12.6. The van der Waals surface area contributed by atoms with Crippen LogP contribution in [0.2, 0.25) is 0 Å². The molecule has 7 heteroatoms. The summed E-state index contributed by atoms with van der Waals surface area (Å²) in [5, 5.41) is 0. The molecule has 144 valence electrons. The number of carbonyl (C=O) groups excluding carboxylic acids is 2. The third-order valence-electron chi connectivity index (χ3n) is 4.63. The Balaban J connectivity index is 2.06. The average Bonchev–Trinajstić information content (AvgIpc) is 2.88. The van der Waals surface area contributed by atoms with E-state index < -0.39 is 0 Å². The number of methoxy groups -OCH3 is 3. The zero-order valence-corrected chi connectivity index (χ0v) is 15.7. The standard InChI is InChI=1S/C19H28N2O5/c1-24-16-11-18(26-3)17(25-2)10-14(16)15(22)7-8-19(23)21-9-5-4-6-13(20)12-21/h10-11,13H,4-9,12,20H2,1-3H3. The number of nitrogens with zero attached hydrogens (tertiary/aromatic N) is 1. The molecule has 1 aromatic carbocycles. The van der Waals surface area contributed by atoms with Gasteiger partial charge >= 0.3 is 0 Å². The first-order valence-corrected chi connectivity index (χ1v) is 8.86. The molecule has 0 aromatic heterocycles. The van der Waals surface area contributed by atoms with Crippen molar-refractivity contribution in [1.82, 2.24) is 4.90 Å². The van der Waals surface area contributed by atoms with Crippen molar-refractivity contribution < 1.29 is 23.8 Å². The number of ketones is 1. The number of hydrogen-bond donors (Lipinski definition) is 1. The predicted octanol–water partition coefficient (Wildman–Crippen LogP) is 2.02. The van der Waals surface area contributed by atoms with E-state index in [1.165, 1.54) is 21.3 Å². The van der Waals surface area contributed by atoms with E-state index in [9.17, 15) is 9.59 Å². The van der Waals surface area contributed by atoms with Crippen molar-refractivity contribution in [3.05, 3.63) is 17.7 Å². The van der Waals surface area contributed by atoms with E-state index in [1.807, 2.05) is 0 Å². The lowest BCUT2D eigenvalue weighted by molar-refractivity contribution is -0.131. The molecule has 1 aliphatic heterocycles. The van der Waals surface area contributed by atoms with Crippen molar-refractivity contribution in [2.75, 3.05) is 34.4 Å². The second-order valence-electron chi connectivity index (χ2n) is 6.43. The Morgan fingerprint density at radius 2 is 1.69 bits per heavy atom. The Morgan fingerprint density at radius 3 is 2.35 bits per heavy atom. The van der Waals surface area contributed by atoms with Crippen molar-refractivity contribution in [2.24, 2.45) is 5.73 Å². The molecular weight excluding hydrogens is 336 g/mol. The quantitative estimate of drug-likeness (QED) is 0.744. The SMILES string of the molecule is COc1cc(OC)c(C(=O)CCC(=O)N2CCCCC(N)C2)cc1OC. The largest absolute Gasteiger partial charge is 0.496 e. The first-order chi connectivity index (χ1) is 12.5. The van der Waals surface area contributed by atoms with Gasteiger partial charge in [0, 0.05) is 38.0 Å². The molecule has 0 bridgehead atoms. The van der Waals surface area contributed by atoms with Gasteiger partial charge in [-0.2, -0.15) is 0 Å². The first-order valence-electron chi connectivity index (χ1n) is 8.86. The second kappa shape index (κ2) is 9.43. The Labute approximate surface area is 154 Å². The van der Waals surface area contributed by atoms with E-state index in [1.54, 1.807) is 17.0 Å². The molecule has 1 atom stereocenters. The molecule has 1 heterocycles. The lowest BCUT2D eigenvalue weighted by Gasteiger charge is -2.22. The van der Waals surface area contributed by atoms with Gasteiger partial charge in [-0.1, -0.05) is 6.42 Å². The fraction of sp³-hybridized carbons (Fsp3) is 0.579. The van der Waals surface area contributed by atoms with Crippen molar-refractivity contribution >= 4 is 11.7 Å². The van der Waals surface area contributed by atoms with E-state index in [0.717, 1.165) is 19.3 Å². The van der Waals surface area contributed by atoms with Gasteiger partial charge in [0.2, 0.25) is 5.91 Å². The Kier molecular flexibility index (Phi) is 7.26. The smallest absolute Gasteiger partial charge is 0.223 e. The molecule has 26 heavy (non-hydrogen) atoms. The van der Waals surface area contributed by atoms with E-state index in [4.69, 9.17) is 19.9 Å². The van der Waals surface area contributed by atoms with Crippen molar-refractivity contribution in [1.29, 1.82) is 0 Å². The molecule has 1 aliphatic rings. The summed E-state index contributed by atoms with van der Waals surface area (Å²) in [5.74, 6) is 1.12. The Hall–Kier alpha value is -2.28. The highest BCUT2D eigenvalue weighted by Crippen LogP contribution is 2.35. The summed E-state index contributed by atoms with van der Waals surface area (Å²) in [4.78, 5) is 26.9. The van der Waals surface area contributed by atoms with Crippen LogP contribution >= 0.6 is 0 Å². The zero-order chi connectivity index (χ0) is 19.1. The van der Waals surface area contributed by atoms with Crippen LogP contribution < -0.4 is 19.9 Å². The summed E-state index contributed by atoms with van der Waals surface area (Å²) in [7, 11) is 4.51. The molecule has 2 rings (SSSR count). The number of Topliss-reactive ketones (excluding diaryl/α,β-unsaturated/α-hetero) is 1. The molecule has 0 saturated carbocycles. The second-order valence-corrected chi connectivity index (χ2v) is 6.43. The zero-order valence-electron chi connectivity index (χ0n) is 15.7. The van der Waals surface area contributed by atoms with Gasteiger partial charge in [0.05, 0.1) is 26.9 Å². The minimum Gasteiger partial charge on any atom is -0.496 e. The van der Waals surface area contributed by atoms with Crippen LogP contribution in [-0.2, 0) is 4.79 Å². The van der Waals surface area contributed by atoms with E-state index in [0.29, 0.717) is 35.9 Å². The lowest BCUT2D eigenvalue weighted by atomic mass is 10.0. The summed E-state index contributed by atoms with van der Waals surface area (Å²) < 4.78 is 15.8. The highest BCUT2D eigenvalue weighted by molar-refractivity contribution is 6.01.